The SMILES string of the molecule is Cc1ccc(C(=O)NC2CC2)cc1-n1ccnc(N[C@@H](c2ccccc2)[C@@H](C)CN(C)C(C)(C)C)c1=O. The Morgan fingerprint density at radius 2 is 1.86 bits per heavy atom. The Balaban J connectivity index is 1.66. The minimum absolute atomic E-state index is 0.0293. The third-order valence-corrected chi connectivity index (χ3v) is 7.21. The summed E-state index contributed by atoms with van der Waals surface area (Å²) in [6.45, 7) is 11.6. The molecule has 1 aliphatic carbocycles. The van der Waals surface area contributed by atoms with Gasteiger partial charge >= 0.3 is 0 Å². The van der Waals surface area contributed by atoms with Crippen LogP contribution in [0.15, 0.2) is 65.7 Å². The van der Waals surface area contributed by atoms with Crippen LogP contribution in [0.4, 0.5) is 5.82 Å². The van der Waals surface area contributed by atoms with Crippen LogP contribution >= 0.6 is 0 Å². The van der Waals surface area contributed by atoms with Gasteiger partial charge < -0.3 is 15.5 Å². The molecule has 7 nitrogen and oxygen atoms in total. The highest BCUT2D eigenvalue weighted by Gasteiger charge is 2.27. The molecule has 1 aliphatic rings. The summed E-state index contributed by atoms with van der Waals surface area (Å²) in [5.74, 6) is 0.372. The molecule has 0 aliphatic heterocycles. The maximum absolute atomic E-state index is 13.7. The van der Waals surface area contributed by atoms with Crippen molar-refractivity contribution in [3.8, 4) is 5.69 Å². The highest BCUT2D eigenvalue weighted by atomic mass is 16.2. The summed E-state index contributed by atoms with van der Waals surface area (Å²) < 4.78 is 1.58. The Hall–Kier alpha value is -3.45. The van der Waals surface area contributed by atoms with Gasteiger partial charge in [-0.1, -0.05) is 43.3 Å². The van der Waals surface area contributed by atoms with E-state index < -0.39 is 0 Å². The molecule has 7 heteroatoms. The minimum Gasteiger partial charge on any atom is -0.358 e. The molecule has 0 saturated heterocycles. The van der Waals surface area contributed by atoms with E-state index in [1.54, 1.807) is 29.1 Å². The summed E-state index contributed by atoms with van der Waals surface area (Å²) in [7, 11) is 2.13. The van der Waals surface area contributed by atoms with Crippen molar-refractivity contribution in [1.29, 1.82) is 0 Å². The number of benzene rings is 2. The average Bonchev–Trinajstić information content (AvgIpc) is 3.67. The molecular formula is C30H39N5O2. The number of amides is 1. The number of aromatic nitrogens is 2. The van der Waals surface area contributed by atoms with Crippen molar-refractivity contribution in [1.82, 2.24) is 19.8 Å². The zero-order valence-electron chi connectivity index (χ0n) is 22.8. The lowest BCUT2D eigenvalue weighted by Crippen LogP contribution is -2.42. The Labute approximate surface area is 219 Å². The molecule has 2 aromatic carbocycles. The molecule has 1 saturated carbocycles. The van der Waals surface area contributed by atoms with Gasteiger partial charge in [-0.15, -0.1) is 0 Å². The number of nitrogens with one attached hydrogen (secondary N) is 2. The molecule has 2 N–H and O–H groups in total. The number of carbonyl (C=O) groups excluding carboxylic acids is 1. The first-order chi connectivity index (χ1) is 17.5. The molecular weight excluding hydrogens is 462 g/mol. The molecule has 37 heavy (non-hydrogen) atoms. The number of aryl methyl sites for hydroxylation is 1. The van der Waals surface area contributed by atoms with Crippen molar-refractivity contribution in [2.45, 2.75) is 65.1 Å². The second-order valence-corrected chi connectivity index (χ2v) is 11.3. The second-order valence-electron chi connectivity index (χ2n) is 11.3. The van der Waals surface area contributed by atoms with E-state index in [9.17, 15) is 9.59 Å². The van der Waals surface area contributed by atoms with Crippen LogP contribution < -0.4 is 16.2 Å². The Morgan fingerprint density at radius 1 is 1.16 bits per heavy atom. The monoisotopic (exact) mass is 501 g/mol. The molecule has 1 amide bonds. The lowest BCUT2D eigenvalue weighted by molar-refractivity contribution is 0.0951. The van der Waals surface area contributed by atoms with Crippen molar-refractivity contribution in [2.75, 3.05) is 18.9 Å². The predicted octanol–water partition coefficient (Wildman–Crippen LogP) is 4.95. The summed E-state index contributed by atoms with van der Waals surface area (Å²) in [4.78, 5) is 33.1. The summed E-state index contributed by atoms with van der Waals surface area (Å²) in [5, 5.41) is 6.49. The highest BCUT2D eigenvalue weighted by molar-refractivity contribution is 5.95. The standard InChI is InChI=1S/C30H39N5O2/c1-20-12-13-23(28(36)32-24-14-15-24)18-25(20)35-17-16-31-27(29(35)37)33-26(22-10-8-7-9-11-22)21(2)19-34(6)30(3,4)5/h7-13,16-18,21,24,26H,14-15,19H2,1-6H3,(H,31,33)(H,32,36)/t21-,26+/m0/s1. The lowest BCUT2D eigenvalue weighted by Gasteiger charge is -2.36. The van der Waals surface area contributed by atoms with E-state index in [1.807, 2.05) is 31.2 Å². The molecule has 3 aromatic rings. The smallest absolute Gasteiger partial charge is 0.297 e. The molecule has 2 atom stereocenters. The number of nitrogens with zero attached hydrogens (tertiary/aromatic N) is 3. The Kier molecular flexibility index (Phi) is 7.83. The van der Waals surface area contributed by atoms with Crippen LogP contribution in [-0.2, 0) is 0 Å². The summed E-state index contributed by atoms with van der Waals surface area (Å²) in [6.07, 6.45) is 5.34. The quantitative estimate of drug-likeness (QED) is 0.434. The molecule has 196 valence electrons. The fourth-order valence-corrected chi connectivity index (χ4v) is 4.38. The number of hydrogen-bond donors (Lipinski definition) is 2. The zero-order valence-corrected chi connectivity index (χ0v) is 22.8. The zero-order chi connectivity index (χ0) is 26.7. The van der Waals surface area contributed by atoms with E-state index in [4.69, 9.17) is 0 Å². The van der Waals surface area contributed by atoms with Gasteiger partial charge in [0.25, 0.3) is 11.5 Å². The van der Waals surface area contributed by atoms with Gasteiger partial charge in [-0.2, -0.15) is 0 Å². The lowest BCUT2D eigenvalue weighted by atomic mass is 9.92. The van der Waals surface area contributed by atoms with Gasteiger partial charge in [0.2, 0.25) is 0 Å². The van der Waals surface area contributed by atoms with Crippen LogP contribution in [0.5, 0.6) is 0 Å². The second kappa shape index (κ2) is 10.9. The number of carbonyl (C=O) groups is 1. The first-order valence-corrected chi connectivity index (χ1v) is 13.1. The van der Waals surface area contributed by atoms with Gasteiger partial charge in [0, 0.05) is 36.1 Å². The van der Waals surface area contributed by atoms with Crippen LogP contribution in [0.25, 0.3) is 5.69 Å². The summed E-state index contributed by atoms with van der Waals surface area (Å²) in [6, 6.07) is 15.8. The van der Waals surface area contributed by atoms with E-state index in [2.05, 4.69) is 67.4 Å². The van der Waals surface area contributed by atoms with Gasteiger partial charge in [-0.25, -0.2) is 4.98 Å². The molecule has 0 radical (unpaired) electrons. The molecule has 1 fully saturated rings. The van der Waals surface area contributed by atoms with E-state index in [0.29, 0.717) is 11.3 Å². The van der Waals surface area contributed by atoms with Crippen molar-refractivity contribution in [3.05, 3.63) is 88.0 Å². The Bertz CT molecular complexity index is 1290. The van der Waals surface area contributed by atoms with Gasteiger partial charge in [0.15, 0.2) is 5.82 Å². The molecule has 0 bridgehead atoms. The number of anilines is 1. The maximum Gasteiger partial charge on any atom is 0.297 e. The maximum atomic E-state index is 13.7. The molecule has 1 heterocycles. The predicted molar refractivity (Wildman–Crippen MR) is 149 cm³/mol. The fraction of sp³-hybridized carbons (Fsp3) is 0.433. The van der Waals surface area contributed by atoms with Crippen LogP contribution in [0.1, 0.15) is 68.1 Å². The van der Waals surface area contributed by atoms with E-state index in [-0.39, 0.29) is 40.8 Å². The van der Waals surface area contributed by atoms with E-state index in [0.717, 1.165) is 30.5 Å². The van der Waals surface area contributed by atoms with Crippen molar-refractivity contribution in [3.63, 3.8) is 0 Å². The largest absolute Gasteiger partial charge is 0.358 e. The number of hydrogen-bond acceptors (Lipinski definition) is 5. The highest BCUT2D eigenvalue weighted by Crippen LogP contribution is 2.28. The van der Waals surface area contributed by atoms with Gasteiger partial charge in [-0.3, -0.25) is 14.2 Å². The molecule has 1 aromatic heterocycles. The molecule has 0 spiro atoms. The normalized spacial score (nSPS) is 15.3. The van der Waals surface area contributed by atoms with Crippen molar-refractivity contribution >= 4 is 11.7 Å². The van der Waals surface area contributed by atoms with E-state index >= 15 is 0 Å². The fourth-order valence-electron chi connectivity index (χ4n) is 4.38. The minimum atomic E-state index is -0.248. The van der Waals surface area contributed by atoms with Gasteiger partial charge in [0.05, 0.1) is 11.7 Å². The molecule has 0 unspecified atom stereocenters. The topological polar surface area (TPSA) is 79.3 Å². The van der Waals surface area contributed by atoms with Crippen LogP contribution in [-0.4, -0.2) is 45.5 Å². The van der Waals surface area contributed by atoms with E-state index in [1.165, 1.54) is 0 Å². The Morgan fingerprint density at radius 3 is 2.51 bits per heavy atom. The number of rotatable bonds is 9. The third-order valence-electron chi connectivity index (χ3n) is 7.21. The van der Waals surface area contributed by atoms with Crippen molar-refractivity contribution < 1.29 is 4.79 Å². The average molecular weight is 502 g/mol. The van der Waals surface area contributed by atoms with Crippen molar-refractivity contribution in [2.24, 2.45) is 5.92 Å². The van der Waals surface area contributed by atoms with Gasteiger partial charge in [-0.05, 0) is 76.8 Å². The van der Waals surface area contributed by atoms with Gasteiger partial charge in [0.1, 0.15) is 0 Å². The first kappa shape index (κ1) is 26.6. The summed E-state index contributed by atoms with van der Waals surface area (Å²) >= 11 is 0. The van der Waals surface area contributed by atoms with Crippen LogP contribution in [0.3, 0.4) is 0 Å². The van der Waals surface area contributed by atoms with Crippen LogP contribution in [0, 0.1) is 12.8 Å². The third kappa shape index (κ3) is 6.46. The molecule has 4 rings (SSSR count). The van der Waals surface area contributed by atoms with Crippen LogP contribution in [0.2, 0.25) is 0 Å². The first-order valence-electron chi connectivity index (χ1n) is 13.1. The summed E-state index contributed by atoms with van der Waals surface area (Å²) in [5.41, 5.74) is 3.01.